The molecule has 0 bridgehead atoms. The Morgan fingerprint density at radius 1 is 1.20 bits per heavy atom. The molecular formula is C15H18N2O2S. The molecule has 4 nitrogen and oxygen atoms in total. The summed E-state index contributed by atoms with van der Waals surface area (Å²) in [6, 6.07) is 8.15. The van der Waals surface area contributed by atoms with Gasteiger partial charge in [0.05, 0.1) is 0 Å². The Kier molecular flexibility index (Phi) is 4.60. The average molecular weight is 290 g/mol. The summed E-state index contributed by atoms with van der Waals surface area (Å²) in [6.07, 6.45) is 1.37. The molecule has 0 fully saturated rings. The molecule has 0 saturated heterocycles. The van der Waals surface area contributed by atoms with Crippen molar-refractivity contribution < 1.29 is 9.21 Å². The van der Waals surface area contributed by atoms with Crippen LogP contribution in [-0.2, 0) is 10.2 Å². The molecule has 0 unspecified atom stereocenters. The lowest BCUT2D eigenvalue weighted by atomic mass is 9.87. The maximum atomic E-state index is 10.3. The van der Waals surface area contributed by atoms with Gasteiger partial charge in [-0.2, -0.15) is 0 Å². The smallest absolute Gasteiger partial charge is 0.276 e. The number of aldehydes is 1. The zero-order valence-corrected chi connectivity index (χ0v) is 12.7. The Morgan fingerprint density at radius 3 is 2.50 bits per heavy atom. The van der Waals surface area contributed by atoms with Gasteiger partial charge in [0, 0.05) is 17.7 Å². The van der Waals surface area contributed by atoms with Crippen LogP contribution < -0.4 is 0 Å². The summed E-state index contributed by atoms with van der Waals surface area (Å²) in [4.78, 5) is 10.3. The van der Waals surface area contributed by atoms with Gasteiger partial charge in [0.2, 0.25) is 5.89 Å². The zero-order valence-electron chi connectivity index (χ0n) is 11.9. The number of nitrogens with zero attached hydrogens (tertiary/aromatic N) is 2. The van der Waals surface area contributed by atoms with Crippen LogP contribution in [0.4, 0.5) is 0 Å². The van der Waals surface area contributed by atoms with Gasteiger partial charge in [-0.05, 0) is 23.1 Å². The van der Waals surface area contributed by atoms with Gasteiger partial charge < -0.3 is 9.21 Å². The lowest BCUT2D eigenvalue weighted by molar-refractivity contribution is -0.107. The highest BCUT2D eigenvalue weighted by atomic mass is 32.2. The number of thioether (sulfide) groups is 1. The van der Waals surface area contributed by atoms with E-state index in [1.165, 1.54) is 17.3 Å². The first-order chi connectivity index (χ1) is 9.50. The fourth-order valence-corrected chi connectivity index (χ4v) is 2.32. The molecule has 0 aliphatic rings. The fourth-order valence-electron chi connectivity index (χ4n) is 1.69. The van der Waals surface area contributed by atoms with Gasteiger partial charge in [0.25, 0.3) is 5.22 Å². The molecule has 1 aromatic heterocycles. The van der Waals surface area contributed by atoms with Crippen molar-refractivity contribution in [3.05, 3.63) is 29.8 Å². The van der Waals surface area contributed by atoms with Crippen molar-refractivity contribution in [3.63, 3.8) is 0 Å². The van der Waals surface area contributed by atoms with E-state index in [1.54, 1.807) is 0 Å². The number of carbonyl (C=O) groups is 1. The number of hydrogen-bond donors (Lipinski definition) is 0. The highest BCUT2D eigenvalue weighted by Crippen LogP contribution is 2.27. The third-order valence-electron chi connectivity index (χ3n) is 2.87. The van der Waals surface area contributed by atoms with Gasteiger partial charge in [-0.3, -0.25) is 0 Å². The minimum Gasteiger partial charge on any atom is -0.411 e. The van der Waals surface area contributed by atoms with E-state index in [0.29, 0.717) is 23.3 Å². The molecule has 0 aliphatic carbocycles. The Labute approximate surface area is 123 Å². The number of hydrogen-bond acceptors (Lipinski definition) is 5. The molecule has 20 heavy (non-hydrogen) atoms. The molecular weight excluding hydrogens is 272 g/mol. The van der Waals surface area contributed by atoms with Crippen LogP contribution >= 0.6 is 11.8 Å². The highest BCUT2D eigenvalue weighted by Gasteiger charge is 2.14. The Bertz CT molecular complexity index is 570. The van der Waals surface area contributed by atoms with Crippen LogP contribution in [0.15, 0.2) is 33.9 Å². The van der Waals surface area contributed by atoms with Gasteiger partial charge in [-0.25, -0.2) is 0 Å². The topological polar surface area (TPSA) is 56.0 Å². The van der Waals surface area contributed by atoms with E-state index >= 15 is 0 Å². The van der Waals surface area contributed by atoms with E-state index in [0.717, 1.165) is 11.8 Å². The molecule has 1 aromatic carbocycles. The maximum Gasteiger partial charge on any atom is 0.276 e. The zero-order chi connectivity index (χ0) is 14.6. The monoisotopic (exact) mass is 290 g/mol. The summed E-state index contributed by atoms with van der Waals surface area (Å²) in [5.74, 6) is 1.17. The second-order valence-corrected chi connectivity index (χ2v) is 6.55. The van der Waals surface area contributed by atoms with Gasteiger partial charge in [-0.15, -0.1) is 10.2 Å². The second kappa shape index (κ2) is 6.22. The van der Waals surface area contributed by atoms with Gasteiger partial charge in [0.1, 0.15) is 6.29 Å². The fraction of sp³-hybridized carbons (Fsp3) is 0.400. The van der Waals surface area contributed by atoms with Crippen molar-refractivity contribution in [1.29, 1.82) is 0 Å². The summed E-state index contributed by atoms with van der Waals surface area (Å²) in [5, 5.41) is 8.50. The van der Waals surface area contributed by atoms with Crippen molar-refractivity contribution in [3.8, 4) is 11.5 Å². The molecule has 106 valence electrons. The van der Waals surface area contributed by atoms with Crippen molar-refractivity contribution in [2.45, 2.75) is 37.8 Å². The minimum absolute atomic E-state index is 0.128. The molecule has 0 atom stereocenters. The molecule has 0 spiro atoms. The van der Waals surface area contributed by atoms with Crippen molar-refractivity contribution in [1.82, 2.24) is 10.2 Å². The second-order valence-electron chi connectivity index (χ2n) is 5.50. The Hall–Kier alpha value is -1.62. The van der Waals surface area contributed by atoms with Gasteiger partial charge >= 0.3 is 0 Å². The van der Waals surface area contributed by atoms with Crippen molar-refractivity contribution >= 4 is 18.0 Å². The van der Waals surface area contributed by atoms with Crippen LogP contribution in [0.2, 0.25) is 0 Å². The van der Waals surface area contributed by atoms with E-state index in [1.807, 2.05) is 12.1 Å². The third kappa shape index (κ3) is 3.70. The molecule has 0 saturated carbocycles. The van der Waals surface area contributed by atoms with Crippen LogP contribution in [0.1, 0.15) is 32.8 Å². The van der Waals surface area contributed by atoms with Crippen LogP contribution in [0.25, 0.3) is 11.5 Å². The maximum absolute atomic E-state index is 10.3. The first-order valence-corrected chi connectivity index (χ1v) is 7.50. The quantitative estimate of drug-likeness (QED) is 0.477. The number of benzene rings is 1. The lowest BCUT2D eigenvalue weighted by Crippen LogP contribution is -2.10. The first kappa shape index (κ1) is 14.8. The third-order valence-corrected chi connectivity index (χ3v) is 3.72. The highest BCUT2D eigenvalue weighted by molar-refractivity contribution is 7.99. The van der Waals surface area contributed by atoms with Gasteiger partial charge in [-0.1, -0.05) is 44.7 Å². The molecule has 0 radical (unpaired) electrons. The predicted molar refractivity (Wildman–Crippen MR) is 79.8 cm³/mol. The summed E-state index contributed by atoms with van der Waals surface area (Å²) >= 11 is 1.40. The van der Waals surface area contributed by atoms with Gasteiger partial charge in [0.15, 0.2) is 0 Å². The summed E-state index contributed by atoms with van der Waals surface area (Å²) < 4.78 is 5.57. The average Bonchev–Trinajstić information content (AvgIpc) is 2.87. The Morgan fingerprint density at radius 2 is 1.90 bits per heavy atom. The summed E-state index contributed by atoms with van der Waals surface area (Å²) in [5.41, 5.74) is 2.30. The molecule has 2 aromatic rings. The number of carbonyl (C=O) groups excluding carboxylic acids is 1. The van der Waals surface area contributed by atoms with Crippen LogP contribution in [0.5, 0.6) is 0 Å². The largest absolute Gasteiger partial charge is 0.411 e. The molecule has 0 N–H and O–H groups in total. The van der Waals surface area contributed by atoms with Crippen LogP contribution in [-0.4, -0.2) is 22.2 Å². The van der Waals surface area contributed by atoms with E-state index in [9.17, 15) is 4.79 Å². The minimum atomic E-state index is 0.128. The van der Waals surface area contributed by atoms with E-state index < -0.39 is 0 Å². The molecule has 1 heterocycles. The summed E-state index contributed by atoms with van der Waals surface area (Å²) in [7, 11) is 0. The molecule has 5 heteroatoms. The van der Waals surface area contributed by atoms with E-state index in [-0.39, 0.29) is 5.41 Å². The van der Waals surface area contributed by atoms with Crippen LogP contribution in [0.3, 0.4) is 0 Å². The molecule has 0 amide bonds. The standard InChI is InChI=1S/C15H18N2O2S/c1-15(2,3)12-7-5-11(6-8-12)13-16-17-14(19-13)20-10-4-9-18/h5-9H,4,10H2,1-3H3. The predicted octanol–water partition coefficient (Wildman–Crippen LogP) is 3.72. The van der Waals surface area contributed by atoms with Crippen molar-refractivity contribution in [2.24, 2.45) is 0 Å². The van der Waals surface area contributed by atoms with Crippen LogP contribution in [0, 0.1) is 0 Å². The lowest BCUT2D eigenvalue weighted by Gasteiger charge is -2.18. The summed E-state index contributed by atoms with van der Waals surface area (Å²) in [6.45, 7) is 6.53. The molecule has 0 aliphatic heterocycles. The van der Waals surface area contributed by atoms with E-state index in [2.05, 4.69) is 43.1 Å². The first-order valence-electron chi connectivity index (χ1n) is 6.51. The SMILES string of the molecule is CC(C)(C)c1ccc(-c2nnc(SCCC=O)o2)cc1. The Balaban J connectivity index is 2.10. The molecule has 2 rings (SSSR count). The normalized spacial score (nSPS) is 11.6. The van der Waals surface area contributed by atoms with Crippen molar-refractivity contribution in [2.75, 3.05) is 5.75 Å². The number of rotatable bonds is 5. The number of aromatic nitrogens is 2. The van der Waals surface area contributed by atoms with E-state index in [4.69, 9.17) is 4.42 Å².